The fourth-order valence-electron chi connectivity index (χ4n) is 5.45. The van der Waals surface area contributed by atoms with Crippen molar-refractivity contribution in [1.29, 1.82) is 0 Å². The molecule has 1 saturated heterocycles. The number of carbonyl (C=O) groups is 1. The Morgan fingerprint density at radius 1 is 0.872 bits per heavy atom. The molecule has 4 aromatic carbocycles. The van der Waals surface area contributed by atoms with Gasteiger partial charge >= 0.3 is 0 Å². The summed E-state index contributed by atoms with van der Waals surface area (Å²) in [5.41, 5.74) is 1.98. The Labute approximate surface area is 227 Å². The van der Waals surface area contributed by atoms with Crippen molar-refractivity contribution in [1.82, 2.24) is 4.90 Å². The highest BCUT2D eigenvalue weighted by molar-refractivity contribution is 6.12. The van der Waals surface area contributed by atoms with Gasteiger partial charge in [-0.3, -0.25) is 9.69 Å². The molecule has 198 valence electrons. The molecule has 2 heterocycles. The second kappa shape index (κ2) is 10.5. The van der Waals surface area contributed by atoms with Crippen LogP contribution in [0.2, 0.25) is 0 Å². The normalized spacial score (nSPS) is 18.3. The first-order valence-corrected chi connectivity index (χ1v) is 13.0. The van der Waals surface area contributed by atoms with E-state index in [1.165, 1.54) is 0 Å². The number of benzene rings is 4. The van der Waals surface area contributed by atoms with Crippen molar-refractivity contribution in [3.63, 3.8) is 0 Å². The first-order valence-electron chi connectivity index (χ1n) is 13.0. The van der Waals surface area contributed by atoms with Gasteiger partial charge in [-0.05, 0) is 30.3 Å². The van der Waals surface area contributed by atoms with Gasteiger partial charge in [0.1, 0.15) is 17.0 Å². The Kier molecular flexibility index (Phi) is 6.79. The summed E-state index contributed by atoms with van der Waals surface area (Å²) in [6.45, 7) is 1.58. The fourth-order valence-corrected chi connectivity index (χ4v) is 5.45. The third-order valence-corrected chi connectivity index (χ3v) is 7.34. The van der Waals surface area contributed by atoms with Crippen molar-refractivity contribution >= 4 is 11.5 Å². The second-order valence-electron chi connectivity index (χ2n) is 9.78. The molecule has 0 aromatic heterocycles. The highest BCUT2D eigenvalue weighted by Gasteiger charge is 2.50. The van der Waals surface area contributed by atoms with Crippen LogP contribution in [0.15, 0.2) is 103 Å². The number of rotatable bonds is 7. The number of hydrogen-bond acceptors (Lipinski definition) is 7. The van der Waals surface area contributed by atoms with Gasteiger partial charge in [-0.1, -0.05) is 91.0 Å². The van der Waals surface area contributed by atoms with Crippen LogP contribution in [-0.2, 0) is 15.0 Å². The maximum absolute atomic E-state index is 13.4. The molecule has 6 rings (SSSR count). The van der Waals surface area contributed by atoms with E-state index in [-0.39, 0.29) is 23.4 Å². The van der Waals surface area contributed by atoms with E-state index in [1.807, 2.05) is 73.8 Å². The summed E-state index contributed by atoms with van der Waals surface area (Å²) in [6, 6.07) is 32.3. The summed E-state index contributed by atoms with van der Waals surface area (Å²) in [7, 11) is 1.97. The predicted molar refractivity (Wildman–Crippen MR) is 148 cm³/mol. The molecule has 7 heteroatoms. The van der Waals surface area contributed by atoms with Crippen LogP contribution in [-0.4, -0.2) is 55.1 Å². The third-order valence-electron chi connectivity index (χ3n) is 7.34. The predicted octanol–water partition coefficient (Wildman–Crippen LogP) is 5.00. The summed E-state index contributed by atoms with van der Waals surface area (Å²) in [5, 5.41) is 15.2. The molecule has 0 amide bonds. The van der Waals surface area contributed by atoms with Crippen LogP contribution in [0.5, 0.6) is 11.5 Å². The van der Waals surface area contributed by atoms with E-state index in [2.05, 4.69) is 10.2 Å². The summed E-state index contributed by atoms with van der Waals surface area (Å²) >= 11 is 0. The molecule has 1 unspecified atom stereocenters. The topological polar surface area (TPSA) is 80.3 Å². The molecular weight excluding hydrogens is 492 g/mol. The minimum atomic E-state index is -0.950. The Bertz CT molecular complexity index is 1400. The molecule has 7 nitrogen and oxygen atoms in total. The third kappa shape index (κ3) is 4.55. The number of anilines is 1. The zero-order valence-corrected chi connectivity index (χ0v) is 21.6. The molecule has 0 radical (unpaired) electrons. The van der Waals surface area contributed by atoms with Gasteiger partial charge < -0.3 is 24.6 Å². The summed E-state index contributed by atoms with van der Waals surface area (Å²) in [5.74, 6) is 0.0309. The molecule has 2 aliphatic rings. The van der Waals surface area contributed by atoms with Crippen LogP contribution < -0.4 is 10.1 Å². The average molecular weight is 523 g/mol. The number of fused-ring (bicyclic) bond motifs is 1. The lowest BCUT2D eigenvalue weighted by atomic mass is 9.79. The van der Waals surface area contributed by atoms with Gasteiger partial charge in [0, 0.05) is 5.56 Å². The van der Waals surface area contributed by atoms with E-state index in [4.69, 9.17) is 14.2 Å². The average Bonchev–Trinajstić information content (AvgIpc) is 3.51. The maximum Gasteiger partial charge on any atom is 0.196 e. The summed E-state index contributed by atoms with van der Waals surface area (Å²) in [4.78, 5) is 15.4. The monoisotopic (exact) mass is 522 g/mol. The van der Waals surface area contributed by atoms with E-state index >= 15 is 0 Å². The van der Waals surface area contributed by atoms with E-state index in [9.17, 15) is 9.90 Å². The highest BCUT2D eigenvalue weighted by atomic mass is 16.7. The molecule has 4 aromatic rings. The summed E-state index contributed by atoms with van der Waals surface area (Å²) < 4.78 is 18.2. The van der Waals surface area contributed by atoms with Gasteiger partial charge in [-0.25, -0.2) is 0 Å². The quantitative estimate of drug-likeness (QED) is 0.261. The Morgan fingerprint density at radius 2 is 1.44 bits per heavy atom. The molecule has 1 fully saturated rings. The van der Waals surface area contributed by atoms with Crippen LogP contribution in [0.3, 0.4) is 0 Å². The standard InChI is InChI=1S/C32H30N2O5/c1-34(21-27-37-19-20-38-27)31-32(23-13-7-3-8-14-23,24-15-9-4-10-16-24)33-28-26(39-31)18-17-25(30(28)36)29(35)22-11-5-2-6-12-22/h2-18,27,31,33,36H,19-21H2,1H3. The molecule has 0 aliphatic carbocycles. The van der Waals surface area contributed by atoms with Crippen molar-refractivity contribution in [2.45, 2.75) is 18.1 Å². The lowest BCUT2D eigenvalue weighted by Gasteiger charge is -2.49. The van der Waals surface area contributed by atoms with E-state index in [0.29, 0.717) is 36.8 Å². The highest BCUT2D eigenvalue weighted by Crippen LogP contribution is 2.50. The molecular formula is C32H30N2O5. The number of aromatic hydroxyl groups is 1. The van der Waals surface area contributed by atoms with Gasteiger partial charge in [-0.15, -0.1) is 0 Å². The van der Waals surface area contributed by atoms with Crippen molar-refractivity contribution in [2.24, 2.45) is 0 Å². The number of ether oxygens (including phenoxy) is 3. The van der Waals surface area contributed by atoms with E-state index in [0.717, 1.165) is 11.1 Å². The van der Waals surface area contributed by atoms with E-state index in [1.54, 1.807) is 36.4 Å². The Morgan fingerprint density at radius 3 is 2.03 bits per heavy atom. The molecule has 0 bridgehead atoms. The minimum absolute atomic E-state index is 0.152. The van der Waals surface area contributed by atoms with Gasteiger partial charge in [0.25, 0.3) is 0 Å². The van der Waals surface area contributed by atoms with Crippen LogP contribution >= 0.6 is 0 Å². The molecule has 0 spiro atoms. The largest absolute Gasteiger partial charge is 0.505 e. The first kappa shape index (κ1) is 25.1. The zero-order valence-electron chi connectivity index (χ0n) is 21.6. The number of nitrogens with zero attached hydrogens (tertiary/aromatic N) is 1. The number of nitrogens with one attached hydrogen (secondary N) is 1. The van der Waals surface area contributed by atoms with Crippen molar-refractivity contribution in [3.05, 3.63) is 125 Å². The first-order chi connectivity index (χ1) is 19.1. The zero-order chi connectivity index (χ0) is 26.8. The van der Waals surface area contributed by atoms with Gasteiger partial charge in [-0.2, -0.15) is 0 Å². The van der Waals surface area contributed by atoms with Crippen molar-refractivity contribution in [3.8, 4) is 11.5 Å². The van der Waals surface area contributed by atoms with Crippen LogP contribution in [0.25, 0.3) is 0 Å². The Hall–Kier alpha value is -4.17. The molecule has 2 aliphatic heterocycles. The molecule has 2 N–H and O–H groups in total. The lowest BCUT2D eigenvalue weighted by Crippen LogP contribution is -2.60. The number of hydrogen-bond donors (Lipinski definition) is 2. The SMILES string of the molecule is CN(CC1OCCO1)C1Oc2ccc(C(=O)c3ccccc3)c(O)c2NC1(c1ccccc1)c1ccccc1. The number of phenols is 1. The molecule has 1 atom stereocenters. The molecule has 39 heavy (non-hydrogen) atoms. The lowest BCUT2D eigenvalue weighted by molar-refractivity contribution is -0.0949. The van der Waals surface area contributed by atoms with Crippen molar-refractivity contribution in [2.75, 3.05) is 32.1 Å². The minimum Gasteiger partial charge on any atom is -0.505 e. The summed E-state index contributed by atoms with van der Waals surface area (Å²) in [6.07, 6.45) is -0.929. The van der Waals surface area contributed by atoms with Crippen LogP contribution in [0.1, 0.15) is 27.0 Å². The van der Waals surface area contributed by atoms with Crippen LogP contribution in [0.4, 0.5) is 5.69 Å². The second-order valence-corrected chi connectivity index (χ2v) is 9.78. The van der Waals surface area contributed by atoms with Gasteiger partial charge in [0.2, 0.25) is 0 Å². The number of likely N-dealkylation sites (N-methyl/N-ethyl adjacent to an activating group) is 1. The van der Waals surface area contributed by atoms with Gasteiger partial charge in [0.15, 0.2) is 24.1 Å². The molecule has 0 saturated carbocycles. The number of phenolic OH excluding ortho intramolecular Hbond substituents is 1. The van der Waals surface area contributed by atoms with E-state index < -0.39 is 11.8 Å². The Balaban J connectivity index is 1.51. The maximum atomic E-state index is 13.4. The van der Waals surface area contributed by atoms with Crippen LogP contribution in [0, 0.1) is 0 Å². The fraction of sp³-hybridized carbons (Fsp3) is 0.219. The van der Waals surface area contributed by atoms with Crippen molar-refractivity contribution < 1.29 is 24.1 Å². The van der Waals surface area contributed by atoms with Gasteiger partial charge in [0.05, 0.1) is 25.3 Å². The smallest absolute Gasteiger partial charge is 0.196 e. The number of carbonyl (C=O) groups excluding carboxylic acids is 1. The number of ketones is 1.